The fourth-order valence-corrected chi connectivity index (χ4v) is 0.584. The van der Waals surface area contributed by atoms with Crippen LogP contribution in [0.5, 0.6) is 0 Å². The molecule has 0 bridgehead atoms. The van der Waals surface area contributed by atoms with Crippen LogP contribution in [0.25, 0.3) is 0 Å². The molecule has 0 aromatic carbocycles. The lowest BCUT2D eigenvalue weighted by atomic mass is 9.95. The molecule has 3 heteroatoms. The van der Waals surface area contributed by atoms with Gasteiger partial charge in [0.25, 0.3) is 6.47 Å². The number of rotatable bonds is 1. The fourth-order valence-electron chi connectivity index (χ4n) is 0.584. The summed E-state index contributed by atoms with van der Waals surface area (Å²) in [6.07, 6.45) is 3.89. The maximum absolute atomic E-state index is 9.60. The molecule has 12 heavy (non-hydrogen) atoms. The van der Waals surface area contributed by atoms with Gasteiger partial charge in [-0.2, -0.15) is 0 Å². The van der Waals surface area contributed by atoms with Crippen LogP contribution < -0.4 is 5.73 Å². The Hall–Kier alpha value is -0.570. The molecule has 0 atom stereocenters. The third-order valence-electron chi connectivity index (χ3n) is 1.55. The first-order chi connectivity index (χ1) is 5.45. The van der Waals surface area contributed by atoms with E-state index >= 15 is 0 Å². The molecule has 1 aliphatic carbocycles. The van der Waals surface area contributed by atoms with Crippen molar-refractivity contribution < 1.29 is 9.53 Å². The van der Waals surface area contributed by atoms with E-state index in [9.17, 15) is 4.79 Å². The van der Waals surface area contributed by atoms with Gasteiger partial charge in [0.15, 0.2) is 0 Å². The normalized spacial score (nSPS) is 17.0. The van der Waals surface area contributed by atoms with Crippen LogP contribution >= 0.6 is 0 Å². The van der Waals surface area contributed by atoms with Gasteiger partial charge < -0.3 is 10.5 Å². The van der Waals surface area contributed by atoms with Crippen LogP contribution in [0.15, 0.2) is 0 Å². The van der Waals surface area contributed by atoms with Crippen LogP contribution in [0.3, 0.4) is 0 Å². The maximum Gasteiger partial charge on any atom is 0.293 e. The van der Waals surface area contributed by atoms with E-state index in [1.807, 2.05) is 20.8 Å². The van der Waals surface area contributed by atoms with Crippen LogP contribution in [0, 0.1) is 0 Å². The average molecular weight is 173 g/mol. The second-order valence-corrected chi connectivity index (χ2v) is 4.02. The van der Waals surface area contributed by atoms with Crippen molar-refractivity contribution in [1.29, 1.82) is 0 Å². The molecule has 0 radical (unpaired) electrons. The van der Waals surface area contributed by atoms with Gasteiger partial charge in [0.1, 0.15) is 5.60 Å². The molecule has 0 unspecified atom stereocenters. The third kappa shape index (κ3) is 7.54. The molecule has 0 amide bonds. The Morgan fingerprint density at radius 2 is 1.83 bits per heavy atom. The number of ether oxygens (including phenoxy) is 1. The van der Waals surface area contributed by atoms with Crippen molar-refractivity contribution in [3.05, 3.63) is 0 Å². The van der Waals surface area contributed by atoms with Crippen LogP contribution in [0.2, 0.25) is 0 Å². The van der Waals surface area contributed by atoms with Gasteiger partial charge in [-0.1, -0.05) is 6.42 Å². The maximum atomic E-state index is 9.60. The molecule has 1 saturated carbocycles. The summed E-state index contributed by atoms with van der Waals surface area (Å²) in [6.45, 7) is 5.92. The van der Waals surface area contributed by atoms with Gasteiger partial charge in [-0.25, -0.2) is 0 Å². The van der Waals surface area contributed by atoms with E-state index in [-0.39, 0.29) is 5.60 Å². The molecule has 0 aromatic rings. The summed E-state index contributed by atoms with van der Waals surface area (Å²) in [5, 5.41) is 0. The Labute approximate surface area is 74.3 Å². The Morgan fingerprint density at radius 3 is 1.83 bits per heavy atom. The molecule has 0 aliphatic heterocycles. The summed E-state index contributed by atoms with van der Waals surface area (Å²) in [7, 11) is 0. The van der Waals surface area contributed by atoms with Gasteiger partial charge in [0.2, 0.25) is 0 Å². The molecule has 0 spiro atoms. The van der Waals surface area contributed by atoms with Crippen molar-refractivity contribution in [2.45, 2.75) is 51.7 Å². The van der Waals surface area contributed by atoms with Crippen molar-refractivity contribution in [2.75, 3.05) is 0 Å². The molecule has 72 valence electrons. The minimum Gasteiger partial charge on any atom is -0.462 e. The number of nitrogens with two attached hydrogens (primary N) is 1. The zero-order valence-corrected chi connectivity index (χ0v) is 8.17. The van der Waals surface area contributed by atoms with Gasteiger partial charge in [-0.15, -0.1) is 0 Å². The molecule has 3 nitrogen and oxygen atoms in total. The van der Waals surface area contributed by atoms with E-state index in [4.69, 9.17) is 5.73 Å². The van der Waals surface area contributed by atoms with E-state index in [2.05, 4.69) is 4.74 Å². The Morgan fingerprint density at radius 1 is 1.42 bits per heavy atom. The molecule has 2 N–H and O–H groups in total. The average Bonchev–Trinajstić information content (AvgIpc) is 1.82. The van der Waals surface area contributed by atoms with E-state index < -0.39 is 0 Å². The Bertz CT molecular complexity index is 125. The topological polar surface area (TPSA) is 52.3 Å². The largest absolute Gasteiger partial charge is 0.462 e. The van der Waals surface area contributed by atoms with Gasteiger partial charge in [-0.3, -0.25) is 4.79 Å². The first-order valence-corrected chi connectivity index (χ1v) is 4.33. The summed E-state index contributed by atoms with van der Waals surface area (Å²) in [5.74, 6) is 0. The summed E-state index contributed by atoms with van der Waals surface area (Å²) in [5.41, 5.74) is 5.06. The lowest BCUT2D eigenvalue weighted by Gasteiger charge is -2.18. The smallest absolute Gasteiger partial charge is 0.293 e. The van der Waals surface area contributed by atoms with Gasteiger partial charge in [0.05, 0.1) is 0 Å². The lowest BCUT2D eigenvalue weighted by Crippen LogP contribution is -2.27. The van der Waals surface area contributed by atoms with Gasteiger partial charge in [-0.05, 0) is 33.6 Å². The molecule has 0 heterocycles. The third-order valence-corrected chi connectivity index (χ3v) is 1.55. The van der Waals surface area contributed by atoms with E-state index in [1.165, 1.54) is 19.3 Å². The van der Waals surface area contributed by atoms with Crippen molar-refractivity contribution >= 4 is 6.47 Å². The fraction of sp³-hybridized carbons (Fsp3) is 0.889. The number of carbonyl (C=O) groups excluding carboxylic acids is 1. The molecule has 0 aromatic heterocycles. The predicted molar refractivity (Wildman–Crippen MR) is 48.7 cm³/mol. The zero-order valence-electron chi connectivity index (χ0n) is 8.17. The Kier molecular flexibility index (Phi) is 4.90. The highest BCUT2D eigenvalue weighted by atomic mass is 16.5. The second-order valence-electron chi connectivity index (χ2n) is 4.02. The van der Waals surface area contributed by atoms with Crippen LogP contribution in [0.1, 0.15) is 40.0 Å². The highest BCUT2D eigenvalue weighted by Gasteiger charge is 2.09. The van der Waals surface area contributed by atoms with Gasteiger partial charge in [0, 0.05) is 6.04 Å². The number of carbonyl (C=O) groups is 1. The first kappa shape index (κ1) is 11.4. The van der Waals surface area contributed by atoms with Crippen molar-refractivity contribution in [1.82, 2.24) is 0 Å². The highest BCUT2D eigenvalue weighted by Crippen LogP contribution is 2.14. The number of hydrogen-bond acceptors (Lipinski definition) is 3. The van der Waals surface area contributed by atoms with Crippen LogP contribution in [-0.4, -0.2) is 18.1 Å². The monoisotopic (exact) mass is 173 g/mol. The quantitative estimate of drug-likeness (QED) is 0.611. The predicted octanol–water partition coefficient (Wildman–Crippen LogP) is 1.46. The highest BCUT2D eigenvalue weighted by molar-refractivity contribution is 5.37. The zero-order chi connectivity index (χ0) is 9.61. The summed E-state index contributed by atoms with van der Waals surface area (Å²) in [4.78, 5) is 9.60. The van der Waals surface area contributed by atoms with Crippen molar-refractivity contribution in [2.24, 2.45) is 5.73 Å². The second kappa shape index (κ2) is 5.14. The van der Waals surface area contributed by atoms with Crippen LogP contribution in [-0.2, 0) is 9.53 Å². The van der Waals surface area contributed by atoms with Crippen LogP contribution in [0.4, 0.5) is 0 Å². The van der Waals surface area contributed by atoms with E-state index in [1.54, 1.807) is 0 Å². The molecular formula is C9H19NO2. The van der Waals surface area contributed by atoms with Gasteiger partial charge >= 0.3 is 0 Å². The minimum atomic E-state index is -0.318. The van der Waals surface area contributed by atoms with Crippen molar-refractivity contribution in [3.8, 4) is 0 Å². The molecular weight excluding hydrogens is 154 g/mol. The molecule has 1 aliphatic rings. The molecule has 0 saturated heterocycles. The van der Waals surface area contributed by atoms with E-state index in [0.29, 0.717) is 12.5 Å². The number of hydrogen-bond donors (Lipinski definition) is 1. The first-order valence-electron chi connectivity index (χ1n) is 4.33. The van der Waals surface area contributed by atoms with E-state index in [0.717, 1.165) is 0 Å². The summed E-state index contributed by atoms with van der Waals surface area (Å²) >= 11 is 0. The Balaban J connectivity index is 0.000000211. The standard InChI is InChI=1S/C5H10O2.C4H9N/c1-5(2,3)7-4-6;5-4-2-1-3-4/h4H,1-3H3;4H,1-3,5H2. The van der Waals surface area contributed by atoms with Crippen molar-refractivity contribution in [3.63, 3.8) is 0 Å². The minimum absolute atomic E-state index is 0.318. The SMILES string of the molecule is CC(C)(C)OC=O.NC1CCC1. The molecule has 1 fully saturated rings. The molecule has 1 rings (SSSR count). The summed E-state index contributed by atoms with van der Waals surface area (Å²) in [6, 6.07) is 0.565. The lowest BCUT2D eigenvalue weighted by molar-refractivity contribution is -0.138. The summed E-state index contributed by atoms with van der Waals surface area (Å²) < 4.78 is 4.55.